The first-order valence-corrected chi connectivity index (χ1v) is 8.10. The minimum atomic E-state index is -0.334. The van der Waals surface area contributed by atoms with E-state index in [-0.39, 0.29) is 29.8 Å². The molecular formula is C16H23Cl3N2O. The molecule has 22 heavy (non-hydrogen) atoms. The normalized spacial score (nSPS) is 16.0. The van der Waals surface area contributed by atoms with E-state index >= 15 is 0 Å². The number of amides is 1. The van der Waals surface area contributed by atoms with Crippen LogP contribution in [0.1, 0.15) is 32.3 Å². The molecular weight excluding hydrogens is 343 g/mol. The van der Waals surface area contributed by atoms with Gasteiger partial charge in [0.05, 0.1) is 0 Å². The van der Waals surface area contributed by atoms with E-state index in [0.29, 0.717) is 16.5 Å². The largest absolute Gasteiger partial charge is 0.351 e. The standard InChI is InChI=1S/C16H22Cl2N2O.ClH/c1-16(2,10-12-3-4-13(17)9-14(12)18)20-15(21)11-5-7-19-8-6-11;/h3-4,9,11,19H,5-8,10H2,1-2H3,(H,20,21);1H. The van der Waals surface area contributed by atoms with Crippen molar-refractivity contribution in [1.82, 2.24) is 10.6 Å². The second-order valence-corrected chi connectivity index (χ2v) is 7.15. The number of halogens is 3. The molecule has 2 rings (SSSR count). The second-order valence-electron chi connectivity index (χ2n) is 6.31. The SMILES string of the molecule is CC(C)(Cc1ccc(Cl)cc1Cl)NC(=O)C1CCNCC1.Cl. The highest BCUT2D eigenvalue weighted by Crippen LogP contribution is 2.25. The van der Waals surface area contributed by atoms with Crippen LogP contribution in [0.25, 0.3) is 0 Å². The van der Waals surface area contributed by atoms with Gasteiger partial charge in [0.1, 0.15) is 0 Å². The summed E-state index contributed by atoms with van der Waals surface area (Å²) in [6.07, 6.45) is 2.49. The van der Waals surface area contributed by atoms with Gasteiger partial charge in [-0.2, -0.15) is 0 Å². The third kappa shape index (κ3) is 5.62. The van der Waals surface area contributed by atoms with E-state index < -0.39 is 0 Å². The molecule has 0 bridgehead atoms. The van der Waals surface area contributed by atoms with Crippen LogP contribution in [0.15, 0.2) is 18.2 Å². The number of hydrogen-bond acceptors (Lipinski definition) is 2. The van der Waals surface area contributed by atoms with Gasteiger partial charge >= 0.3 is 0 Å². The van der Waals surface area contributed by atoms with Crippen molar-refractivity contribution in [3.63, 3.8) is 0 Å². The average Bonchev–Trinajstić information content (AvgIpc) is 2.42. The zero-order valence-corrected chi connectivity index (χ0v) is 15.2. The fraction of sp³-hybridized carbons (Fsp3) is 0.562. The summed E-state index contributed by atoms with van der Waals surface area (Å²) < 4.78 is 0. The lowest BCUT2D eigenvalue weighted by Crippen LogP contribution is -2.49. The molecule has 1 aromatic rings. The van der Waals surface area contributed by atoms with Crippen molar-refractivity contribution in [1.29, 1.82) is 0 Å². The quantitative estimate of drug-likeness (QED) is 0.851. The number of nitrogens with one attached hydrogen (secondary N) is 2. The molecule has 3 nitrogen and oxygen atoms in total. The van der Waals surface area contributed by atoms with Gasteiger partial charge in [-0.15, -0.1) is 12.4 Å². The zero-order chi connectivity index (χ0) is 15.5. The molecule has 0 aromatic heterocycles. The van der Waals surface area contributed by atoms with Crippen LogP contribution in [0.3, 0.4) is 0 Å². The van der Waals surface area contributed by atoms with E-state index in [1.165, 1.54) is 0 Å². The summed E-state index contributed by atoms with van der Waals surface area (Å²) >= 11 is 12.1. The molecule has 6 heteroatoms. The van der Waals surface area contributed by atoms with E-state index in [4.69, 9.17) is 23.2 Å². The number of carbonyl (C=O) groups excluding carboxylic acids is 1. The first-order valence-electron chi connectivity index (χ1n) is 7.34. The molecule has 1 heterocycles. The van der Waals surface area contributed by atoms with Gasteiger partial charge in [0.2, 0.25) is 5.91 Å². The van der Waals surface area contributed by atoms with Crippen LogP contribution in [0.5, 0.6) is 0 Å². The van der Waals surface area contributed by atoms with Gasteiger partial charge in [-0.25, -0.2) is 0 Å². The molecule has 0 atom stereocenters. The second kappa shape index (κ2) is 8.39. The van der Waals surface area contributed by atoms with Crippen molar-refractivity contribution >= 4 is 41.5 Å². The highest BCUT2D eigenvalue weighted by Gasteiger charge is 2.27. The van der Waals surface area contributed by atoms with Crippen molar-refractivity contribution in [2.45, 2.75) is 38.6 Å². The molecule has 0 radical (unpaired) electrons. The lowest BCUT2D eigenvalue weighted by Gasteiger charge is -2.30. The monoisotopic (exact) mass is 364 g/mol. The Labute approximate surface area is 148 Å². The van der Waals surface area contributed by atoms with Crippen LogP contribution < -0.4 is 10.6 Å². The van der Waals surface area contributed by atoms with Crippen LogP contribution in [-0.2, 0) is 11.2 Å². The number of rotatable bonds is 4. The molecule has 1 aliphatic rings. The van der Waals surface area contributed by atoms with Crippen LogP contribution in [0.2, 0.25) is 10.0 Å². The predicted octanol–water partition coefficient (Wildman–Crippen LogP) is 3.85. The fourth-order valence-electron chi connectivity index (χ4n) is 2.71. The van der Waals surface area contributed by atoms with E-state index in [9.17, 15) is 4.79 Å². The highest BCUT2D eigenvalue weighted by atomic mass is 35.5. The molecule has 1 aromatic carbocycles. The number of hydrogen-bond donors (Lipinski definition) is 2. The summed E-state index contributed by atoms with van der Waals surface area (Å²) in [5.41, 5.74) is 0.663. The molecule has 2 N–H and O–H groups in total. The zero-order valence-electron chi connectivity index (χ0n) is 12.9. The number of piperidine rings is 1. The third-order valence-electron chi connectivity index (χ3n) is 3.82. The van der Waals surface area contributed by atoms with Gasteiger partial charge in [-0.1, -0.05) is 29.3 Å². The topological polar surface area (TPSA) is 41.1 Å². The minimum Gasteiger partial charge on any atom is -0.351 e. The Morgan fingerprint density at radius 2 is 1.95 bits per heavy atom. The van der Waals surface area contributed by atoms with E-state index in [2.05, 4.69) is 10.6 Å². The first-order chi connectivity index (χ1) is 9.87. The van der Waals surface area contributed by atoms with Gasteiger partial charge in [0.25, 0.3) is 0 Å². The summed E-state index contributed by atoms with van der Waals surface area (Å²) in [6, 6.07) is 5.49. The lowest BCUT2D eigenvalue weighted by molar-refractivity contribution is -0.127. The highest BCUT2D eigenvalue weighted by molar-refractivity contribution is 6.35. The Bertz CT molecular complexity index is 514. The maximum Gasteiger partial charge on any atom is 0.223 e. The molecule has 1 aliphatic heterocycles. The molecule has 0 spiro atoms. The average molecular weight is 366 g/mol. The van der Waals surface area contributed by atoms with Crippen LogP contribution in [0, 0.1) is 5.92 Å². The third-order valence-corrected chi connectivity index (χ3v) is 4.41. The van der Waals surface area contributed by atoms with Gasteiger partial charge in [0, 0.05) is 21.5 Å². The number of benzene rings is 1. The van der Waals surface area contributed by atoms with E-state index in [1.54, 1.807) is 6.07 Å². The first kappa shape index (κ1) is 19.6. The summed E-state index contributed by atoms with van der Waals surface area (Å²) in [6.45, 7) is 5.89. The lowest BCUT2D eigenvalue weighted by atomic mass is 9.91. The Morgan fingerprint density at radius 3 is 2.55 bits per heavy atom. The van der Waals surface area contributed by atoms with Crippen molar-refractivity contribution in [3.05, 3.63) is 33.8 Å². The fourth-order valence-corrected chi connectivity index (χ4v) is 3.18. The predicted molar refractivity (Wildman–Crippen MR) is 95.2 cm³/mol. The molecule has 0 unspecified atom stereocenters. The maximum atomic E-state index is 12.3. The van der Waals surface area contributed by atoms with Crippen molar-refractivity contribution in [2.24, 2.45) is 5.92 Å². The van der Waals surface area contributed by atoms with Crippen LogP contribution >= 0.6 is 35.6 Å². The maximum absolute atomic E-state index is 12.3. The number of carbonyl (C=O) groups is 1. The van der Waals surface area contributed by atoms with Crippen molar-refractivity contribution in [3.8, 4) is 0 Å². The Morgan fingerprint density at radius 1 is 1.32 bits per heavy atom. The van der Waals surface area contributed by atoms with Crippen molar-refractivity contribution in [2.75, 3.05) is 13.1 Å². The van der Waals surface area contributed by atoms with Gasteiger partial charge < -0.3 is 10.6 Å². The summed E-state index contributed by atoms with van der Waals surface area (Å²) in [5, 5.41) is 7.70. The Hall–Kier alpha value is -0.480. The van der Waals surface area contributed by atoms with Gasteiger partial charge in [-0.05, 0) is 63.9 Å². The smallest absolute Gasteiger partial charge is 0.223 e. The summed E-state index contributed by atoms with van der Waals surface area (Å²) in [5.74, 6) is 0.262. The molecule has 124 valence electrons. The molecule has 0 saturated carbocycles. The van der Waals surface area contributed by atoms with E-state index in [0.717, 1.165) is 31.5 Å². The minimum absolute atomic E-state index is 0. The molecule has 1 amide bonds. The summed E-state index contributed by atoms with van der Waals surface area (Å²) in [7, 11) is 0. The molecule has 0 aliphatic carbocycles. The Balaban J connectivity index is 0.00000242. The Kier molecular flexibility index (Phi) is 7.47. The van der Waals surface area contributed by atoms with Gasteiger partial charge in [-0.3, -0.25) is 4.79 Å². The van der Waals surface area contributed by atoms with Crippen LogP contribution in [0.4, 0.5) is 0 Å². The van der Waals surface area contributed by atoms with Crippen molar-refractivity contribution < 1.29 is 4.79 Å². The van der Waals surface area contributed by atoms with Crippen LogP contribution in [-0.4, -0.2) is 24.5 Å². The molecule has 1 saturated heterocycles. The molecule has 1 fully saturated rings. The summed E-state index contributed by atoms with van der Waals surface area (Å²) in [4.78, 5) is 12.3. The van der Waals surface area contributed by atoms with E-state index in [1.807, 2.05) is 26.0 Å². The van der Waals surface area contributed by atoms with Gasteiger partial charge in [0.15, 0.2) is 0 Å².